The number of aromatic nitrogens is 2. The zero-order valence-electron chi connectivity index (χ0n) is 12.3. The first-order chi connectivity index (χ1) is 11.3. The molecule has 23 heavy (non-hydrogen) atoms. The second-order valence-electron chi connectivity index (χ2n) is 5.29. The van der Waals surface area contributed by atoms with Crippen molar-refractivity contribution in [2.75, 3.05) is 0 Å². The molecule has 0 aliphatic carbocycles. The van der Waals surface area contributed by atoms with Gasteiger partial charge in [0.1, 0.15) is 11.2 Å². The minimum atomic E-state index is 0.881. The molecule has 4 rings (SSSR count). The van der Waals surface area contributed by atoms with Gasteiger partial charge in [0.15, 0.2) is 0 Å². The molecule has 0 saturated carbocycles. The summed E-state index contributed by atoms with van der Waals surface area (Å²) >= 11 is 3.58. The maximum Gasteiger partial charge on any atom is 0.108 e. The van der Waals surface area contributed by atoms with E-state index in [0.717, 1.165) is 37.8 Å². The largest absolute Gasteiger partial charge is 0.149 e. The van der Waals surface area contributed by atoms with Crippen molar-refractivity contribution in [3.05, 3.63) is 83.3 Å². The van der Waals surface area contributed by atoms with E-state index in [4.69, 9.17) is 0 Å². The molecule has 0 unspecified atom stereocenters. The molecule has 0 saturated heterocycles. The van der Waals surface area contributed by atoms with Crippen molar-refractivity contribution in [2.24, 2.45) is 0 Å². The lowest BCUT2D eigenvalue weighted by Gasteiger charge is -2.12. The average molecular weight is 361 g/mol. The van der Waals surface area contributed by atoms with Crippen LogP contribution in [-0.2, 0) is 0 Å². The number of fused-ring (bicyclic) bond motifs is 1. The highest BCUT2D eigenvalue weighted by molar-refractivity contribution is 9.10. The minimum Gasteiger partial charge on any atom is -0.149 e. The molecule has 0 aliphatic heterocycles. The molecule has 1 heterocycles. The molecule has 0 radical (unpaired) electrons. The Morgan fingerprint density at radius 3 is 1.96 bits per heavy atom. The van der Waals surface area contributed by atoms with E-state index in [1.54, 1.807) is 0 Å². The summed E-state index contributed by atoms with van der Waals surface area (Å²) in [6.07, 6.45) is 0. The third-order valence-corrected chi connectivity index (χ3v) is 4.49. The first kappa shape index (κ1) is 14.1. The van der Waals surface area contributed by atoms with Gasteiger partial charge in [-0.2, -0.15) is 0 Å². The highest BCUT2D eigenvalue weighted by atomic mass is 79.9. The molecule has 1 aromatic heterocycles. The van der Waals surface area contributed by atoms with Gasteiger partial charge in [0.05, 0.1) is 0 Å². The van der Waals surface area contributed by atoms with Crippen LogP contribution in [-0.4, -0.2) is 10.2 Å². The van der Waals surface area contributed by atoms with Crippen molar-refractivity contribution in [1.82, 2.24) is 10.2 Å². The Labute approximate surface area is 143 Å². The van der Waals surface area contributed by atoms with E-state index in [1.807, 2.05) is 48.5 Å². The van der Waals surface area contributed by atoms with Gasteiger partial charge < -0.3 is 0 Å². The Morgan fingerprint density at radius 1 is 0.609 bits per heavy atom. The molecule has 0 atom stereocenters. The third kappa shape index (κ3) is 2.53. The van der Waals surface area contributed by atoms with E-state index in [-0.39, 0.29) is 0 Å². The predicted octanol–water partition coefficient (Wildman–Crippen LogP) is 5.73. The van der Waals surface area contributed by atoms with E-state index in [2.05, 4.69) is 56.5 Å². The van der Waals surface area contributed by atoms with Gasteiger partial charge in [0.25, 0.3) is 0 Å². The fourth-order valence-electron chi connectivity index (χ4n) is 2.79. The summed E-state index contributed by atoms with van der Waals surface area (Å²) in [4.78, 5) is 0. The van der Waals surface area contributed by atoms with E-state index >= 15 is 0 Å². The highest BCUT2D eigenvalue weighted by Crippen LogP contribution is 2.37. The first-order valence-electron chi connectivity index (χ1n) is 7.40. The van der Waals surface area contributed by atoms with Gasteiger partial charge in [-0.3, -0.25) is 0 Å². The van der Waals surface area contributed by atoms with E-state index < -0.39 is 0 Å². The zero-order valence-corrected chi connectivity index (χ0v) is 13.9. The van der Waals surface area contributed by atoms with Crippen LogP contribution in [0.3, 0.4) is 0 Å². The van der Waals surface area contributed by atoms with Crippen LogP contribution in [0.4, 0.5) is 0 Å². The second kappa shape index (κ2) is 5.94. The lowest BCUT2D eigenvalue weighted by Crippen LogP contribution is -1.95. The van der Waals surface area contributed by atoms with Crippen LogP contribution in [0, 0.1) is 0 Å². The van der Waals surface area contributed by atoms with Crippen LogP contribution >= 0.6 is 15.9 Å². The molecule has 2 nitrogen and oxygen atoms in total. The summed E-state index contributed by atoms with van der Waals surface area (Å²) in [7, 11) is 0. The fourth-order valence-corrected chi connectivity index (χ4v) is 3.24. The molecular weight excluding hydrogens is 348 g/mol. The number of halogens is 1. The Hall–Kier alpha value is -2.52. The van der Waals surface area contributed by atoms with Crippen molar-refractivity contribution < 1.29 is 0 Å². The summed E-state index contributed by atoms with van der Waals surface area (Å²) in [5.41, 5.74) is 5.11. The Bertz CT molecular complexity index is 967. The van der Waals surface area contributed by atoms with Crippen molar-refractivity contribution >= 4 is 26.8 Å². The average Bonchev–Trinajstić information content (AvgIpc) is 2.62. The molecular formula is C20H13BrN2. The van der Waals surface area contributed by atoms with Crippen LogP contribution < -0.4 is 0 Å². The molecule has 0 spiro atoms. The van der Waals surface area contributed by atoms with Crippen molar-refractivity contribution in [3.8, 4) is 22.4 Å². The summed E-state index contributed by atoms with van der Waals surface area (Å²) in [5, 5.41) is 10.1. The van der Waals surface area contributed by atoms with Gasteiger partial charge in [0, 0.05) is 21.0 Å². The molecule has 0 aliphatic rings. The Kier molecular flexibility index (Phi) is 3.64. The lowest BCUT2D eigenvalue weighted by molar-refractivity contribution is 1.08. The van der Waals surface area contributed by atoms with Crippen molar-refractivity contribution in [1.29, 1.82) is 0 Å². The SMILES string of the molecule is Brc1cccc2c(-c3ccccc3)c(-c3ccccc3)nnc12. The molecule has 3 heteroatoms. The van der Waals surface area contributed by atoms with Gasteiger partial charge in [-0.05, 0) is 27.6 Å². The molecule has 0 N–H and O–H groups in total. The van der Waals surface area contributed by atoms with Gasteiger partial charge in [-0.1, -0.05) is 72.8 Å². The number of rotatable bonds is 2. The van der Waals surface area contributed by atoms with Crippen molar-refractivity contribution in [3.63, 3.8) is 0 Å². The summed E-state index contributed by atoms with van der Waals surface area (Å²) < 4.78 is 0.958. The van der Waals surface area contributed by atoms with Gasteiger partial charge in [-0.15, -0.1) is 10.2 Å². The Balaban J connectivity index is 2.12. The molecule has 4 aromatic rings. The maximum atomic E-state index is 4.53. The normalized spacial score (nSPS) is 10.8. The molecule has 110 valence electrons. The molecule has 0 fully saturated rings. The minimum absolute atomic E-state index is 0.881. The second-order valence-corrected chi connectivity index (χ2v) is 6.15. The van der Waals surface area contributed by atoms with E-state index in [1.165, 1.54) is 0 Å². The number of hydrogen-bond acceptors (Lipinski definition) is 2. The van der Waals surface area contributed by atoms with Gasteiger partial charge in [0.2, 0.25) is 0 Å². The fraction of sp³-hybridized carbons (Fsp3) is 0. The van der Waals surface area contributed by atoms with Crippen LogP contribution in [0.25, 0.3) is 33.3 Å². The smallest absolute Gasteiger partial charge is 0.108 e. The summed E-state index contributed by atoms with van der Waals surface area (Å²) in [6.45, 7) is 0. The van der Waals surface area contributed by atoms with E-state index in [9.17, 15) is 0 Å². The molecule has 0 amide bonds. The van der Waals surface area contributed by atoms with Crippen molar-refractivity contribution in [2.45, 2.75) is 0 Å². The van der Waals surface area contributed by atoms with Crippen LogP contribution in [0.2, 0.25) is 0 Å². The predicted molar refractivity (Wildman–Crippen MR) is 98.1 cm³/mol. The quantitative estimate of drug-likeness (QED) is 0.456. The highest BCUT2D eigenvalue weighted by Gasteiger charge is 2.15. The zero-order chi connectivity index (χ0) is 15.6. The maximum absolute atomic E-state index is 4.53. The van der Waals surface area contributed by atoms with Gasteiger partial charge >= 0.3 is 0 Å². The third-order valence-electron chi connectivity index (χ3n) is 3.85. The van der Waals surface area contributed by atoms with Crippen LogP contribution in [0.15, 0.2) is 83.3 Å². The standard InChI is InChI=1S/C20H13BrN2/c21-17-13-7-12-16-18(14-8-3-1-4-9-14)19(22-23-20(16)17)15-10-5-2-6-11-15/h1-13H. The molecule has 0 bridgehead atoms. The number of benzene rings is 3. The van der Waals surface area contributed by atoms with Gasteiger partial charge in [-0.25, -0.2) is 0 Å². The number of hydrogen-bond donors (Lipinski definition) is 0. The monoisotopic (exact) mass is 360 g/mol. The van der Waals surface area contributed by atoms with E-state index in [0.29, 0.717) is 0 Å². The lowest BCUT2D eigenvalue weighted by atomic mass is 9.96. The summed E-state index contributed by atoms with van der Waals surface area (Å²) in [5.74, 6) is 0. The van der Waals surface area contributed by atoms with Crippen LogP contribution in [0.1, 0.15) is 0 Å². The first-order valence-corrected chi connectivity index (χ1v) is 8.19. The molecule has 3 aromatic carbocycles. The Morgan fingerprint density at radius 2 is 1.26 bits per heavy atom. The number of nitrogens with zero attached hydrogens (tertiary/aromatic N) is 2. The van der Waals surface area contributed by atoms with Crippen LogP contribution in [0.5, 0.6) is 0 Å². The summed E-state index contributed by atoms with van der Waals surface area (Å²) in [6, 6.07) is 26.7. The topological polar surface area (TPSA) is 25.8 Å².